The second kappa shape index (κ2) is 4.32. The Labute approximate surface area is 127 Å². The van der Waals surface area contributed by atoms with Crippen LogP contribution in [-0.2, 0) is 4.79 Å². The van der Waals surface area contributed by atoms with Gasteiger partial charge in [0, 0.05) is 11.8 Å². The molecule has 114 valence electrons. The fourth-order valence-corrected chi connectivity index (χ4v) is 5.91. The molecule has 1 N–H and O–H groups in total. The van der Waals surface area contributed by atoms with Gasteiger partial charge < -0.3 is 5.11 Å². The van der Waals surface area contributed by atoms with E-state index in [1.54, 1.807) is 0 Å². The van der Waals surface area contributed by atoms with Crippen molar-refractivity contribution in [2.24, 2.45) is 28.6 Å². The van der Waals surface area contributed by atoms with Gasteiger partial charge in [-0.25, -0.2) is 0 Å². The number of allylic oxidation sites excluding steroid dienone is 3. The van der Waals surface area contributed by atoms with Crippen molar-refractivity contribution < 1.29 is 9.90 Å². The van der Waals surface area contributed by atoms with Gasteiger partial charge in [0.2, 0.25) is 0 Å². The van der Waals surface area contributed by atoms with Gasteiger partial charge in [-0.1, -0.05) is 32.1 Å². The van der Waals surface area contributed by atoms with E-state index in [2.05, 4.69) is 32.1 Å². The van der Waals surface area contributed by atoms with Crippen LogP contribution >= 0.6 is 0 Å². The Balaban J connectivity index is 1.75. The number of hydrogen-bond donors (Lipinski definition) is 1. The molecule has 2 saturated carbocycles. The van der Waals surface area contributed by atoms with Gasteiger partial charge in [-0.05, 0) is 60.8 Å². The van der Waals surface area contributed by atoms with Crippen LogP contribution in [0.3, 0.4) is 0 Å². The zero-order valence-corrected chi connectivity index (χ0v) is 13.1. The lowest BCUT2D eigenvalue weighted by molar-refractivity contribution is -0.130. The van der Waals surface area contributed by atoms with Gasteiger partial charge >= 0.3 is 0 Å². The quantitative estimate of drug-likeness (QED) is 0.738. The Hall–Kier alpha value is -0.890. The molecular formula is C19H26O2. The monoisotopic (exact) mass is 286 g/mol. The van der Waals surface area contributed by atoms with Gasteiger partial charge in [-0.3, -0.25) is 4.79 Å². The molecule has 0 aromatic rings. The summed E-state index contributed by atoms with van der Waals surface area (Å²) in [5.74, 6) is 2.27. The first-order valence-corrected chi connectivity index (χ1v) is 8.57. The molecule has 0 saturated heterocycles. The van der Waals surface area contributed by atoms with Crippen LogP contribution in [0.5, 0.6) is 0 Å². The Kier molecular flexibility index (Phi) is 2.83. The van der Waals surface area contributed by atoms with E-state index in [0.717, 1.165) is 38.5 Å². The molecule has 2 heteroatoms. The van der Waals surface area contributed by atoms with Crippen molar-refractivity contribution in [3.63, 3.8) is 0 Å². The largest absolute Gasteiger partial charge is 0.389 e. The van der Waals surface area contributed by atoms with Crippen molar-refractivity contribution in [2.75, 3.05) is 0 Å². The lowest BCUT2D eigenvalue weighted by Gasteiger charge is -2.55. The van der Waals surface area contributed by atoms with Gasteiger partial charge in [0.1, 0.15) is 5.78 Å². The third kappa shape index (κ3) is 1.72. The lowest BCUT2D eigenvalue weighted by Crippen LogP contribution is -2.49. The molecule has 4 aliphatic rings. The second-order valence-corrected chi connectivity index (χ2v) is 8.21. The molecule has 0 spiro atoms. The molecule has 2 nitrogen and oxygen atoms in total. The van der Waals surface area contributed by atoms with Crippen LogP contribution in [0.25, 0.3) is 0 Å². The molecule has 1 unspecified atom stereocenters. The van der Waals surface area contributed by atoms with E-state index in [9.17, 15) is 9.90 Å². The lowest BCUT2D eigenvalue weighted by atomic mass is 9.49. The van der Waals surface area contributed by atoms with Crippen LogP contribution < -0.4 is 0 Å². The zero-order valence-electron chi connectivity index (χ0n) is 13.1. The highest BCUT2D eigenvalue weighted by Crippen LogP contribution is 2.62. The summed E-state index contributed by atoms with van der Waals surface area (Å²) in [5.41, 5.74) is 1.50. The van der Waals surface area contributed by atoms with E-state index in [1.807, 2.05) is 0 Å². The van der Waals surface area contributed by atoms with Gasteiger partial charge in [0.05, 0.1) is 6.10 Å². The van der Waals surface area contributed by atoms with E-state index >= 15 is 0 Å². The Bertz CT molecular complexity index is 546. The van der Waals surface area contributed by atoms with Gasteiger partial charge in [0.25, 0.3) is 0 Å². The summed E-state index contributed by atoms with van der Waals surface area (Å²) in [6, 6.07) is 0. The molecule has 0 aromatic heterocycles. The standard InChI is InChI=1S/C19H26O2/c1-18-9-7-13(20)11-12(18)3-4-14-15-5-6-17(21)19(15,2)10-8-16(14)18/h3-4,11,13-16,20H,5-10H2,1-2H3/t13?,14-,15-,16-,18-,19-/m0/s1. The summed E-state index contributed by atoms with van der Waals surface area (Å²) in [6.45, 7) is 4.61. The third-order valence-electron chi connectivity index (χ3n) is 7.35. The summed E-state index contributed by atoms with van der Waals surface area (Å²) in [6.07, 6.45) is 12.5. The maximum atomic E-state index is 12.3. The van der Waals surface area contributed by atoms with Crippen LogP contribution in [-0.4, -0.2) is 17.0 Å². The maximum absolute atomic E-state index is 12.3. The van der Waals surface area contributed by atoms with Crippen molar-refractivity contribution in [1.82, 2.24) is 0 Å². The van der Waals surface area contributed by atoms with Crippen molar-refractivity contribution >= 4 is 5.78 Å². The van der Waals surface area contributed by atoms with Crippen LogP contribution in [0.1, 0.15) is 52.4 Å². The average Bonchev–Trinajstić information content (AvgIpc) is 2.76. The number of rotatable bonds is 0. The Morgan fingerprint density at radius 3 is 2.62 bits per heavy atom. The molecule has 0 aromatic carbocycles. The van der Waals surface area contributed by atoms with E-state index in [0.29, 0.717) is 23.5 Å². The SMILES string of the molecule is C[C@]12CCC(O)C=C1C=C[C@@H]1[C@@H]2CC[C@]2(C)C(=O)CC[C@@H]12. The molecule has 2 fully saturated rings. The molecule has 0 bridgehead atoms. The van der Waals surface area contributed by atoms with Crippen LogP contribution in [0.2, 0.25) is 0 Å². The minimum absolute atomic E-state index is 0.0583. The van der Waals surface area contributed by atoms with Crippen LogP contribution in [0.4, 0.5) is 0 Å². The predicted octanol–water partition coefficient (Wildman–Crippen LogP) is 3.66. The summed E-state index contributed by atoms with van der Waals surface area (Å²) < 4.78 is 0. The number of Topliss-reactive ketones (excluding diaryl/α,β-unsaturated/α-hetero) is 1. The predicted molar refractivity (Wildman–Crippen MR) is 82.6 cm³/mol. The minimum Gasteiger partial charge on any atom is -0.389 e. The summed E-state index contributed by atoms with van der Waals surface area (Å²) in [5, 5.41) is 9.93. The maximum Gasteiger partial charge on any atom is 0.139 e. The fraction of sp³-hybridized carbons (Fsp3) is 0.737. The molecule has 0 amide bonds. The highest BCUT2D eigenvalue weighted by Gasteiger charge is 2.57. The fourth-order valence-electron chi connectivity index (χ4n) is 5.91. The average molecular weight is 286 g/mol. The van der Waals surface area contributed by atoms with E-state index in [1.165, 1.54) is 5.57 Å². The molecule has 21 heavy (non-hydrogen) atoms. The Morgan fingerprint density at radius 2 is 1.81 bits per heavy atom. The highest BCUT2D eigenvalue weighted by atomic mass is 16.3. The third-order valence-corrected chi connectivity index (χ3v) is 7.35. The van der Waals surface area contributed by atoms with Gasteiger partial charge in [0.15, 0.2) is 0 Å². The number of aliphatic hydroxyl groups excluding tert-OH is 1. The summed E-state index contributed by atoms with van der Waals surface area (Å²) in [7, 11) is 0. The first kappa shape index (κ1) is 13.8. The minimum atomic E-state index is -0.267. The van der Waals surface area contributed by atoms with Crippen molar-refractivity contribution in [3.05, 3.63) is 23.8 Å². The highest BCUT2D eigenvalue weighted by molar-refractivity contribution is 5.87. The summed E-state index contributed by atoms with van der Waals surface area (Å²) >= 11 is 0. The van der Waals surface area contributed by atoms with Gasteiger partial charge in [-0.2, -0.15) is 0 Å². The van der Waals surface area contributed by atoms with Crippen LogP contribution in [0.15, 0.2) is 23.8 Å². The normalized spacial score (nSPS) is 52.0. The first-order chi connectivity index (χ1) is 9.95. The molecule has 0 aliphatic heterocycles. The molecule has 0 heterocycles. The topological polar surface area (TPSA) is 37.3 Å². The van der Waals surface area contributed by atoms with Gasteiger partial charge in [-0.15, -0.1) is 0 Å². The molecule has 0 radical (unpaired) electrons. The molecule has 4 rings (SSSR count). The van der Waals surface area contributed by atoms with E-state index in [4.69, 9.17) is 0 Å². The molecular weight excluding hydrogens is 260 g/mol. The van der Waals surface area contributed by atoms with Crippen molar-refractivity contribution in [1.29, 1.82) is 0 Å². The number of carbonyl (C=O) groups excluding carboxylic acids is 1. The summed E-state index contributed by atoms with van der Waals surface area (Å²) in [4.78, 5) is 12.3. The number of ketones is 1. The van der Waals surface area contributed by atoms with Crippen molar-refractivity contribution in [3.8, 4) is 0 Å². The molecule has 6 atom stereocenters. The number of carbonyl (C=O) groups is 1. The number of aliphatic hydroxyl groups is 1. The zero-order chi connectivity index (χ0) is 14.8. The van der Waals surface area contributed by atoms with E-state index in [-0.39, 0.29) is 16.9 Å². The second-order valence-electron chi connectivity index (χ2n) is 8.21. The van der Waals surface area contributed by atoms with Crippen LogP contribution in [0, 0.1) is 28.6 Å². The Morgan fingerprint density at radius 1 is 1.10 bits per heavy atom. The first-order valence-electron chi connectivity index (χ1n) is 8.57. The smallest absolute Gasteiger partial charge is 0.139 e. The molecule has 4 aliphatic carbocycles. The van der Waals surface area contributed by atoms with E-state index < -0.39 is 0 Å². The number of fused-ring (bicyclic) bond motifs is 5. The van der Waals surface area contributed by atoms with Crippen molar-refractivity contribution in [2.45, 2.75) is 58.5 Å². The number of hydrogen-bond acceptors (Lipinski definition) is 2.